The number of nitrogens with zero attached hydrogens (tertiary/aromatic N) is 2. The first kappa shape index (κ1) is 27.4. The summed E-state index contributed by atoms with van der Waals surface area (Å²) in [5.41, 5.74) is 19.6. The average molecular weight is 522 g/mol. The molecule has 0 aliphatic rings. The number of nitrogens with two attached hydrogens (primary N) is 3. The highest BCUT2D eigenvalue weighted by molar-refractivity contribution is 5.93. The normalized spacial score (nSPS) is 12.6. The molecule has 0 heterocycles. The number of carbonyl (C=O) groups excluding carboxylic acids is 2. The molecule has 0 unspecified atom stereocenters. The highest BCUT2D eigenvalue weighted by Crippen LogP contribution is 2.35. The minimum Gasteiger partial charge on any atom is -0.370 e. The lowest BCUT2D eigenvalue weighted by molar-refractivity contribution is -0.142. The van der Waals surface area contributed by atoms with Gasteiger partial charge >= 0.3 is 0 Å². The summed E-state index contributed by atoms with van der Waals surface area (Å²) in [4.78, 5) is 33.5. The van der Waals surface area contributed by atoms with Crippen molar-refractivity contribution in [1.82, 2.24) is 4.90 Å². The number of primary amides is 1. The number of hydrogen-bond acceptors (Lipinski definition) is 3. The van der Waals surface area contributed by atoms with Crippen molar-refractivity contribution >= 4 is 28.5 Å². The maximum atomic E-state index is 14.7. The first-order chi connectivity index (χ1) is 18.9. The van der Waals surface area contributed by atoms with Crippen LogP contribution in [-0.4, -0.2) is 35.3 Å². The molecule has 6 N–H and O–H groups in total. The molecule has 7 heteroatoms. The van der Waals surface area contributed by atoms with Crippen LogP contribution in [0.2, 0.25) is 0 Å². The van der Waals surface area contributed by atoms with Crippen LogP contribution in [0.5, 0.6) is 0 Å². The molecule has 4 aromatic rings. The molecule has 7 nitrogen and oxygen atoms in total. The third kappa shape index (κ3) is 6.44. The van der Waals surface area contributed by atoms with E-state index in [0.29, 0.717) is 19.4 Å². The Hall–Kier alpha value is -4.65. The standard InChI is InChI=1S/C32H35N5O2/c1-22(26-19-10-17-23-12-8-9-18-27(23)26)37(28(30(33)38)20-11-21-36-32(34)35)31(39)29(24-13-4-2-5-14-24)25-15-6-3-7-16-25/h2-10,12-19,22,28-29H,11,20-21H2,1H3,(H2,33,38)(H4,34,35,36)/t22-,28-/m1/s1. The lowest BCUT2D eigenvalue weighted by atomic mass is 9.87. The predicted molar refractivity (Wildman–Crippen MR) is 157 cm³/mol. The van der Waals surface area contributed by atoms with Gasteiger partial charge in [-0.15, -0.1) is 0 Å². The van der Waals surface area contributed by atoms with Crippen molar-refractivity contribution in [2.24, 2.45) is 22.2 Å². The van der Waals surface area contributed by atoms with Gasteiger partial charge in [-0.05, 0) is 47.2 Å². The molecule has 0 spiro atoms. The van der Waals surface area contributed by atoms with E-state index >= 15 is 0 Å². The van der Waals surface area contributed by atoms with Gasteiger partial charge in [0, 0.05) is 6.54 Å². The van der Waals surface area contributed by atoms with Crippen LogP contribution in [0.1, 0.15) is 48.4 Å². The van der Waals surface area contributed by atoms with Crippen molar-refractivity contribution in [2.45, 2.75) is 37.8 Å². The molecule has 4 rings (SSSR count). The van der Waals surface area contributed by atoms with E-state index in [4.69, 9.17) is 17.2 Å². The Bertz CT molecular complexity index is 1390. The van der Waals surface area contributed by atoms with Gasteiger partial charge in [-0.1, -0.05) is 103 Å². The van der Waals surface area contributed by atoms with Gasteiger partial charge in [-0.3, -0.25) is 14.6 Å². The number of hydrogen-bond donors (Lipinski definition) is 3. The molecule has 0 fully saturated rings. The molecule has 0 radical (unpaired) electrons. The second kappa shape index (κ2) is 12.7. The SMILES string of the molecule is C[C@H](c1cccc2ccccc12)N(C(=O)C(c1ccccc1)c1ccccc1)[C@H](CCCN=C(N)N)C(N)=O. The van der Waals surface area contributed by atoms with E-state index < -0.39 is 23.9 Å². The molecule has 2 amide bonds. The summed E-state index contributed by atoms with van der Waals surface area (Å²) in [6.07, 6.45) is 0.808. The predicted octanol–water partition coefficient (Wildman–Crippen LogP) is 4.47. The third-order valence-corrected chi connectivity index (χ3v) is 7.05. The quantitative estimate of drug-likeness (QED) is 0.153. The zero-order chi connectivity index (χ0) is 27.8. The monoisotopic (exact) mass is 521 g/mol. The molecular weight excluding hydrogens is 486 g/mol. The van der Waals surface area contributed by atoms with Crippen molar-refractivity contribution < 1.29 is 9.59 Å². The van der Waals surface area contributed by atoms with Crippen molar-refractivity contribution in [1.29, 1.82) is 0 Å². The fourth-order valence-corrected chi connectivity index (χ4v) is 5.21. The first-order valence-electron chi connectivity index (χ1n) is 13.1. The van der Waals surface area contributed by atoms with Gasteiger partial charge in [-0.25, -0.2) is 0 Å². The van der Waals surface area contributed by atoms with Crippen LogP contribution in [0.4, 0.5) is 0 Å². The van der Waals surface area contributed by atoms with E-state index in [2.05, 4.69) is 4.99 Å². The van der Waals surface area contributed by atoms with Crippen LogP contribution >= 0.6 is 0 Å². The minimum absolute atomic E-state index is 0.0177. The van der Waals surface area contributed by atoms with Gasteiger partial charge in [0.05, 0.1) is 12.0 Å². The summed E-state index contributed by atoms with van der Waals surface area (Å²) in [5.74, 6) is -1.40. The van der Waals surface area contributed by atoms with Crippen LogP contribution < -0.4 is 17.2 Å². The highest BCUT2D eigenvalue weighted by atomic mass is 16.2. The summed E-state index contributed by atoms with van der Waals surface area (Å²) in [6, 6.07) is 32.0. The summed E-state index contributed by atoms with van der Waals surface area (Å²) in [6.45, 7) is 2.29. The summed E-state index contributed by atoms with van der Waals surface area (Å²) in [7, 11) is 0. The van der Waals surface area contributed by atoms with Crippen molar-refractivity contribution in [3.63, 3.8) is 0 Å². The Balaban J connectivity index is 1.84. The minimum atomic E-state index is -0.865. The molecule has 0 saturated carbocycles. The number of fused-ring (bicyclic) bond motifs is 1. The highest BCUT2D eigenvalue weighted by Gasteiger charge is 2.37. The smallest absolute Gasteiger partial charge is 0.240 e. The topological polar surface area (TPSA) is 128 Å². The zero-order valence-electron chi connectivity index (χ0n) is 22.1. The van der Waals surface area contributed by atoms with Crippen LogP contribution in [-0.2, 0) is 9.59 Å². The van der Waals surface area contributed by atoms with Crippen LogP contribution in [0, 0.1) is 0 Å². The molecule has 0 saturated heterocycles. The van der Waals surface area contributed by atoms with Gasteiger partial charge < -0.3 is 22.1 Å². The van der Waals surface area contributed by atoms with Gasteiger partial charge in [0.2, 0.25) is 11.8 Å². The number of amides is 2. The van der Waals surface area contributed by atoms with Gasteiger partial charge in [0.25, 0.3) is 0 Å². The second-order valence-corrected chi connectivity index (χ2v) is 9.61. The Kier molecular flexibility index (Phi) is 8.94. The second-order valence-electron chi connectivity index (χ2n) is 9.61. The molecule has 39 heavy (non-hydrogen) atoms. The van der Waals surface area contributed by atoms with E-state index in [1.54, 1.807) is 4.90 Å². The average Bonchev–Trinajstić information content (AvgIpc) is 2.95. The molecule has 200 valence electrons. The Morgan fingerprint density at radius 1 is 0.769 bits per heavy atom. The molecule has 0 aliphatic carbocycles. The molecule has 0 aromatic heterocycles. The van der Waals surface area contributed by atoms with Gasteiger partial charge in [-0.2, -0.15) is 0 Å². The van der Waals surface area contributed by atoms with Crippen LogP contribution in [0.25, 0.3) is 10.8 Å². The summed E-state index contributed by atoms with van der Waals surface area (Å²) >= 11 is 0. The molecule has 0 aliphatic heterocycles. The fraction of sp³-hybridized carbons (Fsp3) is 0.219. The largest absolute Gasteiger partial charge is 0.370 e. The molecule has 0 bridgehead atoms. The van der Waals surface area contributed by atoms with E-state index in [1.807, 2.05) is 110 Å². The molecular formula is C32H35N5O2. The Morgan fingerprint density at radius 2 is 1.33 bits per heavy atom. The third-order valence-electron chi connectivity index (χ3n) is 7.05. The number of benzene rings is 4. The lowest BCUT2D eigenvalue weighted by Gasteiger charge is -2.38. The van der Waals surface area contributed by atoms with E-state index in [-0.39, 0.29) is 11.9 Å². The maximum Gasteiger partial charge on any atom is 0.240 e. The molecule has 4 aromatic carbocycles. The zero-order valence-corrected chi connectivity index (χ0v) is 22.1. The first-order valence-corrected chi connectivity index (χ1v) is 13.1. The van der Waals surface area contributed by atoms with Crippen LogP contribution in [0.3, 0.4) is 0 Å². The van der Waals surface area contributed by atoms with Crippen LogP contribution in [0.15, 0.2) is 108 Å². The number of carbonyl (C=O) groups is 2. The fourth-order valence-electron chi connectivity index (χ4n) is 5.21. The number of rotatable bonds is 11. The number of aliphatic imine (C=N–C) groups is 1. The van der Waals surface area contributed by atoms with Crippen molar-refractivity contribution in [3.05, 3.63) is 120 Å². The van der Waals surface area contributed by atoms with E-state index in [9.17, 15) is 9.59 Å². The maximum absolute atomic E-state index is 14.7. The Labute approximate surface area is 229 Å². The number of guanidine groups is 1. The Morgan fingerprint density at radius 3 is 1.92 bits per heavy atom. The molecule has 2 atom stereocenters. The van der Waals surface area contributed by atoms with E-state index in [1.165, 1.54) is 0 Å². The van der Waals surface area contributed by atoms with Crippen molar-refractivity contribution in [2.75, 3.05) is 6.54 Å². The van der Waals surface area contributed by atoms with Gasteiger partial charge in [0.1, 0.15) is 6.04 Å². The summed E-state index contributed by atoms with van der Waals surface area (Å²) < 4.78 is 0. The van der Waals surface area contributed by atoms with E-state index in [0.717, 1.165) is 27.5 Å². The van der Waals surface area contributed by atoms with Gasteiger partial charge in [0.15, 0.2) is 5.96 Å². The summed E-state index contributed by atoms with van der Waals surface area (Å²) in [5, 5.41) is 2.07. The lowest BCUT2D eigenvalue weighted by Crippen LogP contribution is -2.50. The van der Waals surface area contributed by atoms with Crippen molar-refractivity contribution in [3.8, 4) is 0 Å².